The lowest BCUT2D eigenvalue weighted by molar-refractivity contribution is 0.199. The largest absolute Gasteiger partial charge is 0.496 e. The van der Waals surface area contributed by atoms with Crippen LogP contribution in [-0.2, 0) is 6.54 Å². The molecule has 0 aliphatic heterocycles. The predicted octanol–water partition coefficient (Wildman–Crippen LogP) is 3.25. The summed E-state index contributed by atoms with van der Waals surface area (Å²) in [7, 11) is 1.64. The van der Waals surface area contributed by atoms with E-state index in [1.165, 1.54) is 0 Å². The molecule has 1 unspecified atom stereocenters. The first-order valence-corrected chi connectivity index (χ1v) is 6.14. The Bertz CT molecular complexity index is 534. The number of methoxy groups -OCH3 is 1. The van der Waals surface area contributed by atoms with Crippen molar-refractivity contribution in [2.45, 2.75) is 19.6 Å². The normalized spacial score (nSPS) is 12.4. The van der Waals surface area contributed by atoms with Crippen molar-refractivity contribution in [3.05, 3.63) is 52.8 Å². The maximum atomic E-state index is 9.49. The highest BCUT2D eigenvalue weighted by Gasteiger charge is 2.07. The second kappa shape index (κ2) is 5.46. The summed E-state index contributed by atoms with van der Waals surface area (Å²) in [5.41, 5.74) is 1.91. The average Bonchev–Trinajstić information content (AvgIpc) is 2.78. The second-order valence-corrected chi connectivity index (χ2v) is 4.69. The zero-order valence-corrected chi connectivity index (χ0v) is 11.2. The predicted molar refractivity (Wildman–Crippen MR) is 72.2 cm³/mol. The third-order valence-electron chi connectivity index (χ3n) is 2.85. The van der Waals surface area contributed by atoms with Gasteiger partial charge in [0.2, 0.25) is 0 Å². The molecule has 0 saturated carbocycles. The molecule has 1 heterocycles. The van der Waals surface area contributed by atoms with E-state index in [1.54, 1.807) is 20.1 Å². The number of halogens is 1. The molecule has 0 fully saturated rings. The lowest BCUT2D eigenvalue weighted by Crippen LogP contribution is -2.00. The number of aliphatic hydroxyl groups excluding tert-OH is 1. The molecule has 1 atom stereocenters. The van der Waals surface area contributed by atoms with Crippen LogP contribution < -0.4 is 4.74 Å². The molecule has 0 saturated heterocycles. The molecule has 18 heavy (non-hydrogen) atoms. The average molecular weight is 266 g/mol. The fourth-order valence-electron chi connectivity index (χ4n) is 1.87. The topological polar surface area (TPSA) is 34.4 Å². The molecule has 2 rings (SSSR count). The summed E-state index contributed by atoms with van der Waals surface area (Å²) in [4.78, 5) is 0. The Hall–Kier alpha value is -1.45. The van der Waals surface area contributed by atoms with E-state index in [4.69, 9.17) is 16.3 Å². The minimum atomic E-state index is -0.451. The third-order valence-corrected chi connectivity index (χ3v) is 3.09. The van der Waals surface area contributed by atoms with Gasteiger partial charge in [0.1, 0.15) is 5.75 Å². The van der Waals surface area contributed by atoms with Gasteiger partial charge in [-0.25, -0.2) is 0 Å². The lowest BCUT2D eigenvalue weighted by Gasteiger charge is -2.10. The maximum Gasteiger partial charge on any atom is 0.123 e. The summed E-state index contributed by atoms with van der Waals surface area (Å²) in [5, 5.41) is 10.2. The van der Waals surface area contributed by atoms with Crippen LogP contribution in [0.5, 0.6) is 5.75 Å². The van der Waals surface area contributed by atoms with Crippen molar-refractivity contribution in [1.82, 2.24) is 4.57 Å². The zero-order valence-electron chi connectivity index (χ0n) is 10.4. The molecule has 0 aliphatic rings. The summed E-state index contributed by atoms with van der Waals surface area (Å²) in [6.07, 6.45) is 3.40. The Morgan fingerprint density at radius 2 is 2.17 bits per heavy atom. The van der Waals surface area contributed by atoms with Gasteiger partial charge in [-0.05, 0) is 36.8 Å². The van der Waals surface area contributed by atoms with Crippen LogP contribution in [-0.4, -0.2) is 16.8 Å². The summed E-state index contributed by atoms with van der Waals surface area (Å²) in [6, 6.07) is 7.46. The molecular formula is C14H16ClNO2. The van der Waals surface area contributed by atoms with Gasteiger partial charge in [-0.3, -0.25) is 0 Å². The highest BCUT2D eigenvalue weighted by atomic mass is 35.5. The van der Waals surface area contributed by atoms with Gasteiger partial charge < -0.3 is 14.4 Å². The number of rotatable bonds is 4. The molecule has 2 aromatic rings. The van der Waals surface area contributed by atoms with Crippen molar-refractivity contribution >= 4 is 11.6 Å². The first-order chi connectivity index (χ1) is 8.60. The van der Waals surface area contributed by atoms with E-state index in [-0.39, 0.29) is 0 Å². The van der Waals surface area contributed by atoms with Crippen molar-refractivity contribution < 1.29 is 9.84 Å². The molecule has 0 aliphatic carbocycles. The first-order valence-electron chi connectivity index (χ1n) is 5.76. The van der Waals surface area contributed by atoms with Gasteiger partial charge in [0.15, 0.2) is 0 Å². The van der Waals surface area contributed by atoms with Crippen LogP contribution in [0.1, 0.15) is 24.2 Å². The van der Waals surface area contributed by atoms with E-state index in [9.17, 15) is 5.11 Å². The number of benzene rings is 1. The Morgan fingerprint density at radius 1 is 1.39 bits per heavy atom. The minimum absolute atomic E-state index is 0.451. The number of hydrogen-bond acceptors (Lipinski definition) is 2. The minimum Gasteiger partial charge on any atom is -0.496 e. The van der Waals surface area contributed by atoms with Gasteiger partial charge in [0, 0.05) is 23.0 Å². The van der Waals surface area contributed by atoms with Crippen molar-refractivity contribution in [3.63, 3.8) is 0 Å². The van der Waals surface area contributed by atoms with E-state index in [2.05, 4.69) is 0 Å². The van der Waals surface area contributed by atoms with Crippen LogP contribution in [0.25, 0.3) is 0 Å². The monoisotopic (exact) mass is 265 g/mol. The van der Waals surface area contributed by atoms with Gasteiger partial charge in [0.05, 0.1) is 19.8 Å². The molecule has 0 radical (unpaired) electrons. The van der Waals surface area contributed by atoms with Gasteiger partial charge in [0.25, 0.3) is 0 Å². The summed E-state index contributed by atoms with van der Waals surface area (Å²) in [6.45, 7) is 2.41. The first kappa shape index (κ1) is 13.0. The fraction of sp³-hybridized carbons (Fsp3) is 0.286. The van der Waals surface area contributed by atoms with E-state index in [0.29, 0.717) is 11.6 Å². The molecule has 1 N–H and O–H groups in total. The number of aromatic nitrogens is 1. The molecule has 3 nitrogen and oxygen atoms in total. The van der Waals surface area contributed by atoms with Crippen LogP contribution in [0, 0.1) is 0 Å². The van der Waals surface area contributed by atoms with E-state index in [0.717, 1.165) is 16.9 Å². The Balaban J connectivity index is 2.24. The van der Waals surface area contributed by atoms with Crippen molar-refractivity contribution in [2.24, 2.45) is 0 Å². The third kappa shape index (κ3) is 2.86. The molecule has 0 bridgehead atoms. The van der Waals surface area contributed by atoms with Crippen LogP contribution in [0.4, 0.5) is 0 Å². The van der Waals surface area contributed by atoms with Crippen LogP contribution in [0.2, 0.25) is 5.02 Å². The smallest absolute Gasteiger partial charge is 0.123 e. The molecule has 1 aromatic heterocycles. The number of aliphatic hydroxyl groups is 1. The fourth-order valence-corrected chi connectivity index (χ4v) is 2.07. The van der Waals surface area contributed by atoms with E-state index in [1.807, 2.05) is 35.2 Å². The number of ether oxygens (including phenoxy) is 1. The summed E-state index contributed by atoms with van der Waals surface area (Å²) < 4.78 is 7.30. The number of nitrogens with zero attached hydrogens (tertiary/aromatic N) is 1. The van der Waals surface area contributed by atoms with Crippen molar-refractivity contribution in [3.8, 4) is 5.75 Å². The molecule has 1 aromatic carbocycles. The molecule has 96 valence electrons. The highest BCUT2D eigenvalue weighted by molar-refractivity contribution is 6.30. The zero-order chi connectivity index (χ0) is 13.1. The van der Waals surface area contributed by atoms with E-state index >= 15 is 0 Å². The van der Waals surface area contributed by atoms with Crippen LogP contribution >= 0.6 is 11.6 Å². The van der Waals surface area contributed by atoms with Gasteiger partial charge in [-0.15, -0.1) is 0 Å². The van der Waals surface area contributed by atoms with Crippen LogP contribution in [0.3, 0.4) is 0 Å². The molecule has 4 heteroatoms. The quantitative estimate of drug-likeness (QED) is 0.921. The molecule has 0 amide bonds. The maximum absolute atomic E-state index is 9.49. The van der Waals surface area contributed by atoms with Gasteiger partial charge in [-0.2, -0.15) is 0 Å². The molecule has 0 spiro atoms. The van der Waals surface area contributed by atoms with Gasteiger partial charge in [-0.1, -0.05) is 11.6 Å². The SMILES string of the molecule is COc1ccc(Cl)cc1Cn1ccc(C(C)O)c1. The summed E-state index contributed by atoms with van der Waals surface area (Å²) in [5.74, 6) is 0.812. The Morgan fingerprint density at radius 3 is 2.78 bits per heavy atom. The number of hydrogen-bond donors (Lipinski definition) is 1. The standard InChI is InChI=1S/C14H16ClNO2/c1-10(17)11-5-6-16(8-11)9-12-7-13(15)3-4-14(12)18-2/h3-8,10,17H,9H2,1-2H3. The van der Waals surface area contributed by atoms with E-state index < -0.39 is 6.10 Å². The summed E-state index contributed by atoms with van der Waals surface area (Å²) >= 11 is 5.99. The Kier molecular flexibility index (Phi) is 3.94. The van der Waals surface area contributed by atoms with Crippen molar-refractivity contribution in [1.29, 1.82) is 0 Å². The highest BCUT2D eigenvalue weighted by Crippen LogP contribution is 2.24. The second-order valence-electron chi connectivity index (χ2n) is 4.25. The Labute approximate surface area is 112 Å². The lowest BCUT2D eigenvalue weighted by atomic mass is 10.2. The van der Waals surface area contributed by atoms with Crippen LogP contribution in [0.15, 0.2) is 36.7 Å². The van der Waals surface area contributed by atoms with Gasteiger partial charge >= 0.3 is 0 Å². The molecular weight excluding hydrogens is 250 g/mol. The van der Waals surface area contributed by atoms with Crippen molar-refractivity contribution in [2.75, 3.05) is 7.11 Å².